The van der Waals surface area contributed by atoms with E-state index in [1.165, 1.54) is 0 Å². The van der Waals surface area contributed by atoms with Crippen LogP contribution in [0.25, 0.3) is 0 Å². The van der Waals surface area contributed by atoms with Gasteiger partial charge in [0, 0.05) is 38.4 Å². The summed E-state index contributed by atoms with van der Waals surface area (Å²) >= 11 is 0. The molecule has 1 fully saturated rings. The highest BCUT2D eigenvalue weighted by Crippen LogP contribution is 2.08. The van der Waals surface area contributed by atoms with E-state index >= 15 is 0 Å². The van der Waals surface area contributed by atoms with E-state index in [0.29, 0.717) is 19.0 Å². The van der Waals surface area contributed by atoms with Crippen molar-refractivity contribution in [3.63, 3.8) is 0 Å². The molecule has 2 heterocycles. The van der Waals surface area contributed by atoms with Crippen LogP contribution in [0.3, 0.4) is 0 Å². The number of likely N-dealkylation sites (tertiary alicyclic amines) is 1. The van der Waals surface area contributed by atoms with Crippen molar-refractivity contribution in [1.82, 2.24) is 9.88 Å². The van der Waals surface area contributed by atoms with E-state index in [-0.39, 0.29) is 0 Å². The number of hydrogen-bond donors (Lipinski definition) is 2. The molecule has 1 amide bonds. The summed E-state index contributed by atoms with van der Waals surface area (Å²) in [7, 11) is 0. The Balaban J connectivity index is 0.000000184. The fourth-order valence-corrected chi connectivity index (χ4v) is 1.74. The maximum atomic E-state index is 11.0. The average Bonchev–Trinajstić information content (AvgIpc) is 2.83. The quantitative estimate of drug-likeness (QED) is 0.814. The Kier molecular flexibility index (Phi) is 6.98. The smallest absolute Gasteiger partial charge is 0.222 e. The minimum Gasteiger partial charge on any atom is -0.343 e. The summed E-state index contributed by atoms with van der Waals surface area (Å²) in [6.45, 7) is 3.08. The van der Waals surface area contributed by atoms with Crippen LogP contribution in [0.5, 0.6) is 0 Å². The van der Waals surface area contributed by atoms with Gasteiger partial charge >= 0.3 is 0 Å². The molecule has 5 heteroatoms. The van der Waals surface area contributed by atoms with E-state index in [2.05, 4.69) is 4.98 Å². The molecular formula is C13H22N4O. The van der Waals surface area contributed by atoms with Gasteiger partial charge in [-0.3, -0.25) is 9.78 Å². The van der Waals surface area contributed by atoms with Gasteiger partial charge in [0.05, 0.1) is 0 Å². The van der Waals surface area contributed by atoms with Crippen LogP contribution in [0.4, 0.5) is 0 Å². The zero-order chi connectivity index (χ0) is 13.2. The lowest BCUT2D eigenvalue weighted by molar-refractivity contribution is -0.127. The first-order chi connectivity index (χ1) is 8.77. The molecule has 1 saturated heterocycles. The maximum Gasteiger partial charge on any atom is 0.222 e. The van der Waals surface area contributed by atoms with Crippen LogP contribution in [0.2, 0.25) is 0 Å². The van der Waals surface area contributed by atoms with Crippen molar-refractivity contribution in [2.75, 3.05) is 19.6 Å². The van der Waals surface area contributed by atoms with Crippen LogP contribution in [-0.4, -0.2) is 35.4 Å². The third kappa shape index (κ3) is 5.25. The topological polar surface area (TPSA) is 85.2 Å². The molecule has 0 unspecified atom stereocenters. The Morgan fingerprint density at radius 3 is 2.44 bits per heavy atom. The number of nitrogens with zero attached hydrogens (tertiary/aromatic N) is 2. The molecule has 1 aliphatic rings. The predicted octanol–water partition coefficient (Wildman–Crippen LogP) is 0.498. The molecule has 1 aromatic heterocycles. The molecule has 0 aliphatic carbocycles. The van der Waals surface area contributed by atoms with Gasteiger partial charge in [0.15, 0.2) is 0 Å². The first-order valence-electron chi connectivity index (χ1n) is 6.34. The van der Waals surface area contributed by atoms with Crippen LogP contribution in [0.1, 0.15) is 24.8 Å². The lowest BCUT2D eigenvalue weighted by atomic mass is 10.3. The molecule has 100 valence electrons. The molecule has 0 aromatic carbocycles. The van der Waals surface area contributed by atoms with Gasteiger partial charge in [0.1, 0.15) is 0 Å². The summed E-state index contributed by atoms with van der Waals surface area (Å²) < 4.78 is 0. The molecular weight excluding hydrogens is 228 g/mol. The van der Waals surface area contributed by atoms with Crippen molar-refractivity contribution in [3.05, 3.63) is 30.1 Å². The lowest BCUT2D eigenvalue weighted by Gasteiger charge is -2.13. The molecule has 1 aromatic rings. The van der Waals surface area contributed by atoms with Crippen LogP contribution in [0.15, 0.2) is 24.5 Å². The summed E-state index contributed by atoms with van der Waals surface area (Å²) in [5.41, 5.74) is 11.8. The molecule has 0 bridgehead atoms. The Morgan fingerprint density at radius 2 is 2.00 bits per heavy atom. The average molecular weight is 250 g/mol. The predicted molar refractivity (Wildman–Crippen MR) is 71.6 cm³/mol. The van der Waals surface area contributed by atoms with E-state index in [1.807, 2.05) is 17.0 Å². The first kappa shape index (κ1) is 14.6. The highest BCUT2D eigenvalue weighted by atomic mass is 16.2. The molecule has 0 saturated carbocycles. The second-order valence-corrected chi connectivity index (χ2v) is 4.19. The van der Waals surface area contributed by atoms with E-state index in [9.17, 15) is 4.79 Å². The highest BCUT2D eigenvalue weighted by molar-refractivity contribution is 5.77. The second kappa shape index (κ2) is 8.60. The van der Waals surface area contributed by atoms with Crippen LogP contribution in [0, 0.1) is 0 Å². The van der Waals surface area contributed by atoms with Crippen molar-refractivity contribution in [3.8, 4) is 0 Å². The van der Waals surface area contributed by atoms with Gasteiger partial charge in [-0.25, -0.2) is 0 Å². The number of hydrogen-bond acceptors (Lipinski definition) is 4. The minimum absolute atomic E-state index is 0.299. The number of carbonyl (C=O) groups is 1. The van der Waals surface area contributed by atoms with Crippen LogP contribution < -0.4 is 11.5 Å². The second-order valence-electron chi connectivity index (χ2n) is 4.19. The molecule has 0 radical (unpaired) electrons. The molecule has 1 aliphatic heterocycles. The molecule has 4 N–H and O–H groups in total. The first-order valence-corrected chi connectivity index (χ1v) is 6.34. The van der Waals surface area contributed by atoms with E-state index < -0.39 is 0 Å². The lowest BCUT2D eigenvalue weighted by Crippen LogP contribution is -2.27. The molecule has 0 atom stereocenters. The molecule has 18 heavy (non-hydrogen) atoms. The summed E-state index contributed by atoms with van der Waals surface area (Å²) in [6.07, 6.45) is 6.18. The summed E-state index contributed by atoms with van der Waals surface area (Å²) in [5.74, 6) is 0.299. The normalized spacial score (nSPS) is 14.3. The zero-order valence-corrected chi connectivity index (χ0v) is 10.7. The minimum atomic E-state index is 0.299. The monoisotopic (exact) mass is 250 g/mol. The van der Waals surface area contributed by atoms with Gasteiger partial charge in [-0.15, -0.1) is 0 Å². The Morgan fingerprint density at radius 1 is 1.28 bits per heavy atom. The maximum absolute atomic E-state index is 11.0. The fraction of sp³-hybridized carbons (Fsp3) is 0.538. The number of amides is 1. The SMILES string of the molecule is NCCCN1CCCC1=O.NCc1ccncc1. The fourth-order valence-electron chi connectivity index (χ4n) is 1.74. The van der Waals surface area contributed by atoms with Gasteiger partial charge in [0.2, 0.25) is 5.91 Å². The summed E-state index contributed by atoms with van der Waals surface area (Å²) in [6, 6.07) is 3.81. The number of pyridine rings is 1. The van der Waals surface area contributed by atoms with E-state index in [1.54, 1.807) is 12.4 Å². The summed E-state index contributed by atoms with van der Waals surface area (Å²) in [5, 5.41) is 0. The van der Waals surface area contributed by atoms with Gasteiger partial charge in [-0.1, -0.05) is 0 Å². The van der Waals surface area contributed by atoms with Gasteiger partial charge in [-0.2, -0.15) is 0 Å². The number of rotatable bonds is 4. The van der Waals surface area contributed by atoms with Crippen molar-refractivity contribution >= 4 is 5.91 Å². The Bertz CT molecular complexity index is 342. The molecule has 0 spiro atoms. The highest BCUT2D eigenvalue weighted by Gasteiger charge is 2.18. The van der Waals surface area contributed by atoms with Crippen molar-refractivity contribution in [1.29, 1.82) is 0 Å². The molecule has 2 rings (SSSR count). The zero-order valence-electron chi connectivity index (χ0n) is 10.7. The number of carbonyl (C=O) groups excluding carboxylic acids is 1. The van der Waals surface area contributed by atoms with Gasteiger partial charge in [0.25, 0.3) is 0 Å². The third-order valence-electron chi connectivity index (χ3n) is 2.79. The number of nitrogens with two attached hydrogens (primary N) is 2. The Labute approximate surface area is 108 Å². The largest absolute Gasteiger partial charge is 0.343 e. The van der Waals surface area contributed by atoms with Crippen LogP contribution in [-0.2, 0) is 11.3 Å². The van der Waals surface area contributed by atoms with Crippen molar-refractivity contribution in [2.24, 2.45) is 11.5 Å². The Hall–Kier alpha value is -1.46. The van der Waals surface area contributed by atoms with Crippen LogP contribution >= 0.6 is 0 Å². The summed E-state index contributed by atoms with van der Waals surface area (Å²) in [4.78, 5) is 16.7. The standard InChI is InChI=1S/C7H14N2O.C6H8N2/c8-4-2-6-9-5-1-3-7(9)10;7-5-6-1-3-8-4-2-6/h1-6,8H2;1-4H,5,7H2. The third-order valence-corrected chi connectivity index (χ3v) is 2.79. The van der Waals surface area contributed by atoms with Gasteiger partial charge < -0.3 is 16.4 Å². The van der Waals surface area contributed by atoms with E-state index in [0.717, 1.165) is 37.9 Å². The van der Waals surface area contributed by atoms with Crippen molar-refractivity contribution < 1.29 is 4.79 Å². The van der Waals surface area contributed by atoms with E-state index in [4.69, 9.17) is 11.5 Å². The van der Waals surface area contributed by atoms with Crippen molar-refractivity contribution in [2.45, 2.75) is 25.8 Å². The van der Waals surface area contributed by atoms with Gasteiger partial charge in [-0.05, 0) is 37.1 Å². The number of aromatic nitrogens is 1. The molecule has 5 nitrogen and oxygen atoms in total.